The summed E-state index contributed by atoms with van der Waals surface area (Å²) in [5, 5.41) is 6.38. The molecule has 5 heteroatoms. The molecule has 1 unspecified atom stereocenters. The predicted octanol–water partition coefficient (Wildman–Crippen LogP) is 0.992. The Kier molecular flexibility index (Phi) is 6.93. The molecule has 1 amide bonds. The van der Waals surface area contributed by atoms with E-state index in [2.05, 4.69) is 29.4 Å². The van der Waals surface area contributed by atoms with E-state index in [0.29, 0.717) is 31.1 Å². The van der Waals surface area contributed by atoms with Crippen molar-refractivity contribution in [1.29, 1.82) is 0 Å². The maximum atomic E-state index is 11.8. The number of ether oxygens (including phenoxy) is 1. The van der Waals surface area contributed by atoms with Gasteiger partial charge in [-0.1, -0.05) is 0 Å². The van der Waals surface area contributed by atoms with Crippen molar-refractivity contribution in [3.05, 3.63) is 0 Å². The lowest BCUT2D eigenvalue weighted by molar-refractivity contribution is -0.122. The van der Waals surface area contributed by atoms with Crippen molar-refractivity contribution >= 4 is 5.91 Å². The van der Waals surface area contributed by atoms with Gasteiger partial charge in [0.1, 0.15) is 0 Å². The Balaban J connectivity index is 1.51. The minimum atomic E-state index is 0.131. The molecule has 0 spiro atoms. The lowest BCUT2D eigenvalue weighted by Crippen LogP contribution is -2.35. The number of carbonyl (C=O) groups is 1. The molecule has 0 aromatic heterocycles. The Morgan fingerprint density at radius 1 is 1.33 bits per heavy atom. The van der Waals surface area contributed by atoms with Crippen molar-refractivity contribution in [3.63, 3.8) is 0 Å². The summed E-state index contributed by atoms with van der Waals surface area (Å²) in [6.45, 7) is 10.2. The number of likely N-dealkylation sites (tertiary alicyclic amines) is 1. The number of amides is 1. The minimum absolute atomic E-state index is 0.131. The maximum absolute atomic E-state index is 11.8. The Morgan fingerprint density at radius 2 is 2.10 bits per heavy atom. The van der Waals surface area contributed by atoms with Crippen LogP contribution in [0.4, 0.5) is 0 Å². The van der Waals surface area contributed by atoms with Crippen molar-refractivity contribution in [1.82, 2.24) is 15.5 Å². The monoisotopic (exact) mass is 297 g/mol. The van der Waals surface area contributed by atoms with E-state index >= 15 is 0 Å². The second-order valence-electron chi connectivity index (χ2n) is 6.62. The molecule has 2 fully saturated rings. The molecule has 5 nitrogen and oxygen atoms in total. The second-order valence-corrected chi connectivity index (χ2v) is 6.62. The highest BCUT2D eigenvalue weighted by atomic mass is 16.5. The van der Waals surface area contributed by atoms with Gasteiger partial charge in [0, 0.05) is 25.6 Å². The molecule has 21 heavy (non-hydrogen) atoms. The van der Waals surface area contributed by atoms with E-state index in [0.717, 1.165) is 45.6 Å². The Hall–Kier alpha value is -0.650. The molecule has 2 rings (SSSR count). The molecule has 1 atom stereocenters. The third-order valence-electron chi connectivity index (χ3n) is 4.60. The van der Waals surface area contributed by atoms with Crippen LogP contribution in [-0.4, -0.2) is 62.3 Å². The molecule has 2 saturated heterocycles. The topological polar surface area (TPSA) is 53.6 Å². The zero-order valence-electron chi connectivity index (χ0n) is 13.6. The van der Waals surface area contributed by atoms with Crippen LogP contribution in [0.5, 0.6) is 0 Å². The van der Waals surface area contributed by atoms with Crippen LogP contribution < -0.4 is 10.6 Å². The molecule has 2 N–H and O–H groups in total. The quantitative estimate of drug-likeness (QED) is 0.736. The van der Waals surface area contributed by atoms with Gasteiger partial charge in [0.05, 0.1) is 12.7 Å². The molecule has 0 aliphatic carbocycles. The lowest BCUT2D eigenvalue weighted by Gasteiger charge is -2.23. The zero-order valence-corrected chi connectivity index (χ0v) is 13.6. The van der Waals surface area contributed by atoms with Crippen molar-refractivity contribution in [2.45, 2.75) is 51.7 Å². The smallest absolute Gasteiger partial charge is 0.222 e. The third kappa shape index (κ3) is 5.93. The van der Waals surface area contributed by atoms with E-state index in [1.807, 2.05) is 0 Å². The van der Waals surface area contributed by atoms with Crippen LogP contribution in [-0.2, 0) is 9.53 Å². The van der Waals surface area contributed by atoms with Crippen molar-refractivity contribution in [2.24, 2.45) is 5.92 Å². The standard InChI is InChI=1S/C16H31N3O2/c1-13(2)19-9-5-14(12-19)11-18-16(20)6-10-21-15-3-7-17-8-4-15/h13-15,17H,3-12H2,1-2H3,(H,18,20). The summed E-state index contributed by atoms with van der Waals surface area (Å²) in [5.41, 5.74) is 0. The summed E-state index contributed by atoms with van der Waals surface area (Å²) < 4.78 is 5.76. The zero-order chi connectivity index (χ0) is 15.1. The van der Waals surface area contributed by atoms with Gasteiger partial charge >= 0.3 is 0 Å². The van der Waals surface area contributed by atoms with Crippen molar-refractivity contribution < 1.29 is 9.53 Å². The number of nitrogens with zero attached hydrogens (tertiary/aromatic N) is 1. The highest BCUT2D eigenvalue weighted by Crippen LogP contribution is 2.17. The largest absolute Gasteiger partial charge is 0.378 e. The Bertz CT molecular complexity index is 317. The van der Waals surface area contributed by atoms with Gasteiger partial charge < -0.3 is 20.3 Å². The van der Waals surface area contributed by atoms with Crippen LogP contribution in [0.15, 0.2) is 0 Å². The highest BCUT2D eigenvalue weighted by molar-refractivity contribution is 5.75. The molecule has 0 radical (unpaired) electrons. The average Bonchev–Trinajstić information content (AvgIpc) is 2.95. The molecule has 122 valence electrons. The van der Waals surface area contributed by atoms with E-state index in [9.17, 15) is 4.79 Å². The molecule has 2 heterocycles. The van der Waals surface area contributed by atoms with E-state index in [1.54, 1.807) is 0 Å². The first-order valence-corrected chi connectivity index (χ1v) is 8.48. The molecule has 0 aromatic carbocycles. The van der Waals surface area contributed by atoms with Gasteiger partial charge in [0.15, 0.2) is 0 Å². The Morgan fingerprint density at radius 3 is 2.76 bits per heavy atom. The number of piperidine rings is 1. The fraction of sp³-hybridized carbons (Fsp3) is 0.938. The van der Waals surface area contributed by atoms with Crippen LogP contribution in [0.1, 0.15) is 39.5 Å². The summed E-state index contributed by atoms with van der Waals surface area (Å²) in [5.74, 6) is 0.744. The number of nitrogens with one attached hydrogen (secondary N) is 2. The van der Waals surface area contributed by atoms with Crippen LogP contribution in [0.3, 0.4) is 0 Å². The summed E-state index contributed by atoms with van der Waals surface area (Å²) >= 11 is 0. The first-order valence-electron chi connectivity index (χ1n) is 8.48. The molecular weight excluding hydrogens is 266 g/mol. The van der Waals surface area contributed by atoms with Crippen LogP contribution in [0.2, 0.25) is 0 Å². The fourth-order valence-corrected chi connectivity index (χ4v) is 3.13. The number of hydrogen-bond donors (Lipinski definition) is 2. The van der Waals surface area contributed by atoms with Crippen LogP contribution >= 0.6 is 0 Å². The fourth-order valence-electron chi connectivity index (χ4n) is 3.13. The molecule has 0 aromatic rings. The number of rotatable bonds is 7. The SMILES string of the molecule is CC(C)N1CCC(CNC(=O)CCOC2CCNCC2)C1. The van der Waals surface area contributed by atoms with Gasteiger partial charge in [-0.3, -0.25) is 4.79 Å². The maximum Gasteiger partial charge on any atom is 0.222 e. The van der Waals surface area contributed by atoms with Gasteiger partial charge in [-0.05, 0) is 58.7 Å². The van der Waals surface area contributed by atoms with Gasteiger partial charge in [-0.15, -0.1) is 0 Å². The average molecular weight is 297 g/mol. The normalized spacial score (nSPS) is 24.6. The lowest BCUT2D eigenvalue weighted by atomic mass is 10.1. The summed E-state index contributed by atoms with van der Waals surface area (Å²) in [6, 6.07) is 0.615. The highest BCUT2D eigenvalue weighted by Gasteiger charge is 2.24. The van der Waals surface area contributed by atoms with Crippen LogP contribution in [0, 0.1) is 5.92 Å². The van der Waals surface area contributed by atoms with Gasteiger partial charge in [0.2, 0.25) is 5.91 Å². The van der Waals surface area contributed by atoms with E-state index < -0.39 is 0 Å². The number of carbonyl (C=O) groups excluding carboxylic acids is 1. The van der Waals surface area contributed by atoms with E-state index in [1.165, 1.54) is 6.42 Å². The van der Waals surface area contributed by atoms with Crippen molar-refractivity contribution in [2.75, 3.05) is 39.3 Å². The first-order chi connectivity index (χ1) is 10.1. The molecule has 2 aliphatic heterocycles. The first kappa shape index (κ1) is 16.7. The van der Waals surface area contributed by atoms with E-state index in [-0.39, 0.29) is 5.91 Å². The summed E-state index contributed by atoms with van der Waals surface area (Å²) in [4.78, 5) is 14.3. The predicted molar refractivity (Wildman–Crippen MR) is 84.3 cm³/mol. The Labute approximate surface area is 128 Å². The molecular formula is C16H31N3O2. The van der Waals surface area contributed by atoms with Gasteiger partial charge in [-0.25, -0.2) is 0 Å². The van der Waals surface area contributed by atoms with Gasteiger partial charge in [0.25, 0.3) is 0 Å². The van der Waals surface area contributed by atoms with Crippen LogP contribution in [0.25, 0.3) is 0 Å². The van der Waals surface area contributed by atoms with Crippen molar-refractivity contribution in [3.8, 4) is 0 Å². The minimum Gasteiger partial charge on any atom is -0.378 e. The third-order valence-corrected chi connectivity index (χ3v) is 4.60. The molecule has 0 saturated carbocycles. The second kappa shape index (κ2) is 8.71. The molecule has 0 bridgehead atoms. The summed E-state index contributed by atoms with van der Waals surface area (Å²) in [6.07, 6.45) is 4.16. The van der Waals surface area contributed by atoms with E-state index in [4.69, 9.17) is 4.74 Å². The molecule has 2 aliphatic rings. The van der Waals surface area contributed by atoms with Gasteiger partial charge in [-0.2, -0.15) is 0 Å². The number of hydrogen-bond acceptors (Lipinski definition) is 4. The summed E-state index contributed by atoms with van der Waals surface area (Å²) in [7, 11) is 0.